The molecule has 3 N–H and O–H groups in total. The molecule has 0 atom stereocenters. The van der Waals surface area contributed by atoms with Crippen molar-refractivity contribution < 1.29 is 5.11 Å². The average molecular weight is 318 g/mol. The molecule has 2 aromatic carbocycles. The summed E-state index contributed by atoms with van der Waals surface area (Å²) in [5.74, 6) is 0.947. The molecule has 0 aliphatic carbocycles. The molecule has 0 bridgehead atoms. The van der Waals surface area contributed by atoms with Gasteiger partial charge in [0.25, 0.3) is 0 Å². The van der Waals surface area contributed by atoms with E-state index in [9.17, 15) is 0 Å². The quantitative estimate of drug-likeness (QED) is 0.433. The Kier molecular flexibility index (Phi) is 6.53. The van der Waals surface area contributed by atoms with Gasteiger partial charge in [0.1, 0.15) is 0 Å². The van der Waals surface area contributed by atoms with Crippen molar-refractivity contribution in [3.05, 3.63) is 60.2 Å². The van der Waals surface area contributed by atoms with Crippen LogP contribution in [-0.2, 0) is 6.61 Å². The van der Waals surface area contributed by atoms with Gasteiger partial charge in [-0.3, -0.25) is 0 Å². The fourth-order valence-electron chi connectivity index (χ4n) is 1.77. The Morgan fingerprint density at radius 2 is 1.90 bits per heavy atom. The summed E-state index contributed by atoms with van der Waals surface area (Å²) in [4.78, 5) is 1.26. The molecule has 5 heteroatoms. The van der Waals surface area contributed by atoms with Gasteiger partial charge in [-0.1, -0.05) is 30.3 Å². The van der Waals surface area contributed by atoms with E-state index < -0.39 is 0 Å². The van der Waals surface area contributed by atoms with Gasteiger partial charge in [0, 0.05) is 22.9 Å². The highest BCUT2D eigenvalue weighted by Gasteiger charge is 1.99. The number of hydrogen-bond acceptors (Lipinski definition) is 3. The van der Waals surface area contributed by atoms with E-state index >= 15 is 0 Å². The van der Waals surface area contributed by atoms with Crippen molar-refractivity contribution in [2.75, 3.05) is 17.6 Å². The molecule has 0 aromatic heterocycles. The van der Waals surface area contributed by atoms with Crippen molar-refractivity contribution in [1.29, 1.82) is 0 Å². The summed E-state index contributed by atoms with van der Waals surface area (Å²) >= 11 is 7.04. The van der Waals surface area contributed by atoms with Crippen LogP contribution in [-0.4, -0.2) is 22.5 Å². The number of nitrogens with one attached hydrogen (secondary N) is 2. The molecule has 0 saturated carbocycles. The second-order valence-electron chi connectivity index (χ2n) is 4.40. The van der Waals surface area contributed by atoms with Crippen LogP contribution >= 0.6 is 24.0 Å². The normalized spacial score (nSPS) is 10.1. The summed E-state index contributed by atoms with van der Waals surface area (Å²) in [6, 6.07) is 17.9. The first-order chi connectivity index (χ1) is 10.3. The van der Waals surface area contributed by atoms with E-state index in [0.29, 0.717) is 5.11 Å². The van der Waals surface area contributed by atoms with Crippen molar-refractivity contribution in [3.8, 4) is 0 Å². The maximum atomic E-state index is 9.10. The molecule has 2 rings (SSSR count). The van der Waals surface area contributed by atoms with Crippen molar-refractivity contribution in [1.82, 2.24) is 5.32 Å². The zero-order chi connectivity index (χ0) is 14.9. The molecule has 0 radical (unpaired) electrons. The van der Waals surface area contributed by atoms with Crippen LogP contribution in [0.5, 0.6) is 0 Å². The largest absolute Gasteiger partial charge is 0.392 e. The molecule has 0 saturated heterocycles. The summed E-state index contributed by atoms with van der Waals surface area (Å²) < 4.78 is 0. The maximum Gasteiger partial charge on any atom is 0.170 e. The number of aliphatic hydroxyl groups is 1. The second-order valence-corrected chi connectivity index (χ2v) is 5.98. The Morgan fingerprint density at radius 3 is 2.67 bits per heavy atom. The van der Waals surface area contributed by atoms with E-state index in [1.54, 1.807) is 11.8 Å². The third-order valence-electron chi connectivity index (χ3n) is 2.77. The fraction of sp³-hybridized carbons (Fsp3) is 0.188. The number of anilines is 1. The molecule has 21 heavy (non-hydrogen) atoms. The highest BCUT2D eigenvalue weighted by molar-refractivity contribution is 7.99. The predicted octanol–water partition coefficient (Wildman–Crippen LogP) is 3.26. The lowest BCUT2D eigenvalue weighted by Crippen LogP contribution is -2.30. The minimum absolute atomic E-state index is 0.0312. The minimum Gasteiger partial charge on any atom is -0.392 e. The molecule has 0 fully saturated rings. The van der Waals surface area contributed by atoms with Crippen molar-refractivity contribution in [2.45, 2.75) is 11.5 Å². The highest BCUT2D eigenvalue weighted by Crippen LogP contribution is 2.15. The van der Waals surface area contributed by atoms with E-state index in [4.69, 9.17) is 17.3 Å². The van der Waals surface area contributed by atoms with E-state index in [1.165, 1.54) is 4.90 Å². The Balaban J connectivity index is 1.70. The highest BCUT2D eigenvalue weighted by atomic mass is 32.2. The molecule has 0 unspecified atom stereocenters. The number of benzene rings is 2. The molecular weight excluding hydrogens is 300 g/mol. The number of hydrogen-bond donors (Lipinski definition) is 3. The van der Waals surface area contributed by atoms with Crippen LogP contribution in [0.1, 0.15) is 5.56 Å². The van der Waals surface area contributed by atoms with Gasteiger partial charge < -0.3 is 15.7 Å². The molecule has 2 aromatic rings. The summed E-state index contributed by atoms with van der Waals surface area (Å²) in [7, 11) is 0. The number of rotatable bonds is 6. The van der Waals surface area contributed by atoms with Gasteiger partial charge in [-0.25, -0.2) is 0 Å². The van der Waals surface area contributed by atoms with Crippen molar-refractivity contribution in [2.24, 2.45) is 0 Å². The molecule has 0 aliphatic heterocycles. The lowest BCUT2D eigenvalue weighted by Gasteiger charge is -2.11. The molecule has 0 heterocycles. The Bertz CT molecular complexity index is 575. The molecule has 0 amide bonds. The summed E-state index contributed by atoms with van der Waals surface area (Å²) in [5.41, 5.74) is 1.75. The zero-order valence-corrected chi connectivity index (χ0v) is 13.2. The summed E-state index contributed by atoms with van der Waals surface area (Å²) in [6.07, 6.45) is 0. The van der Waals surface area contributed by atoms with Crippen LogP contribution in [0.15, 0.2) is 59.5 Å². The standard InChI is InChI=1S/C16H18N2OS2/c19-12-13-5-4-6-14(11-13)18-16(20)17-9-10-21-15-7-2-1-3-8-15/h1-8,11,19H,9-10,12H2,(H2,17,18,20). The van der Waals surface area contributed by atoms with E-state index in [2.05, 4.69) is 22.8 Å². The van der Waals surface area contributed by atoms with Crippen LogP contribution < -0.4 is 10.6 Å². The Hall–Kier alpha value is -1.56. The summed E-state index contributed by atoms with van der Waals surface area (Å²) in [5, 5.41) is 16.0. The van der Waals surface area contributed by atoms with Crippen LogP contribution in [0.3, 0.4) is 0 Å². The van der Waals surface area contributed by atoms with Gasteiger partial charge in [-0.05, 0) is 42.0 Å². The third kappa shape index (κ3) is 5.75. The molecule has 3 nitrogen and oxygen atoms in total. The Labute approximate surface area is 134 Å². The van der Waals surface area contributed by atoms with Crippen molar-refractivity contribution in [3.63, 3.8) is 0 Å². The van der Waals surface area contributed by atoms with Crippen molar-refractivity contribution >= 4 is 34.8 Å². The molecule has 0 aliphatic rings. The Morgan fingerprint density at radius 1 is 1.10 bits per heavy atom. The molecule has 0 spiro atoms. The first-order valence-electron chi connectivity index (χ1n) is 6.70. The van der Waals surface area contributed by atoms with Crippen LogP contribution in [0.2, 0.25) is 0 Å². The zero-order valence-electron chi connectivity index (χ0n) is 11.6. The lowest BCUT2D eigenvalue weighted by atomic mass is 10.2. The topological polar surface area (TPSA) is 44.3 Å². The smallest absolute Gasteiger partial charge is 0.170 e. The minimum atomic E-state index is 0.0312. The van der Waals surface area contributed by atoms with Crippen LogP contribution in [0, 0.1) is 0 Å². The number of thioether (sulfide) groups is 1. The summed E-state index contributed by atoms with van der Waals surface area (Å²) in [6.45, 7) is 0.828. The molecular formula is C16H18N2OS2. The monoisotopic (exact) mass is 318 g/mol. The molecule has 110 valence electrons. The van der Waals surface area contributed by atoms with Crippen LogP contribution in [0.4, 0.5) is 5.69 Å². The first-order valence-corrected chi connectivity index (χ1v) is 8.10. The van der Waals surface area contributed by atoms with Crippen LogP contribution in [0.25, 0.3) is 0 Å². The van der Waals surface area contributed by atoms with Gasteiger partial charge in [-0.2, -0.15) is 0 Å². The number of aliphatic hydroxyl groups excluding tert-OH is 1. The van der Waals surface area contributed by atoms with E-state index in [-0.39, 0.29) is 6.61 Å². The predicted molar refractivity (Wildman–Crippen MR) is 93.8 cm³/mol. The van der Waals surface area contributed by atoms with Gasteiger partial charge in [-0.15, -0.1) is 11.8 Å². The maximum absolute atomic E-state index is 9.10. The second kappa shape index (κ2) is 8.67. The lowest BCUT2D eigenvalue weighted by molar-refractivity contribution is 0.282. The van der Waals surface area contributed by atoms with Gasteiger partial charge in [0.2, 0.25) is 0 Å². The van der Waals surface area contributed by atoms with Gasteiger partial charge in [0.05, 0.1) is 6.61 Å². The van der Waals surface area contributed by atoms with E-state index in [0.717, 1.165) is 23.5 Å². The first kappa shape index (κ1) is 15.8. The fourth-order valence-corrected chi connectivity index (χ4v) is 2.78. The van der Waals surface area contributed by atoms with Gasteiger partial charge in [0.15, 0.2) is 5.11 Å². The van der Waals surface area contributed by atoms with Gasteiger partial charge >= 0.3 is 0 Å². The SMILES string of the molecule is OCc1cccc(NC(=S)NCCSc2ccccc2)c1. The average Bonchev–Trinajstić information content (AvgIpc) is 2.53. The van der Waals surface area contributed by atoms with E-state index in [1.807, 2.05) is 42.5 Å². The number of thiocarbonyl (C=S) groups is 1. The third-order valence-corrected chi connectivity index (χ3v) is 4.03.